The average molecular weight is 438 g/mol. The highest BCUT2D eigenvalue weighted by atomic mass is 16.5. The van der Waals surface area contributed by atoms with E-state index in [1.54, 1.807) is 12.0 Å². The van der Waals surface area contributed by atoms with E-state index in [9.17, 15) is 9.59 Å². The number of methoxy groups -OCH3 is 1. The summed E-state index contributed by atoms with van der Waals surface area (Å²) < 4.78 is 10.8. The van der Waals surface area contributed by atoms with E-state index in [4.69, 9.17) is 9.47 Å². The van der Waals surface area contributed by atoms with Crippen LogP contribution in [0, 0.1) is 12.8 Å². The highest BCUT2D eigenvalue weighted by molar-refractivity contribution is 6.00. The van der Waals surface area contributed by atoms with Crippen molar-refractivity contribution >= 4 is 17.5 Å². The number of nitrogens with one attached hydrogen (secondary N) is 1. The van der Waals surface area contributed by atoms with Crippen molar-refractivity contribution in [3.8, 4) is 5.75 Å². The molecule has 2 heterocycles. The molecule has 7 heteroatoms. The summed E-state index contributed by atoms with van der Waals surface area (Å²) in [4.78, 5) is 29.6. The fraction of sp³-hybridized carbons (Fsp3) is 0.440. The molecule has 0 radical (unpaired) electrons. The lowest BCUT2D eigenvalue weighted by Gasteiger charge is -2.35. The van der Waals surface area contributed by atoms with Gasteiger partial charge in [-0.2, -0.15) is 0 Å². The molecule has 170 valence electrons. The van der Waals surface area contributed by atoms with Gasteiger partial charge in [-0.1, -0.05) is 29.8 Å². The molecule has 0 spiro atoms. The zero-order valence-electron chi connectivity index (χ0n) is 18.8. The number of benzene rings is 2. The van der Waals surface area contributed by atoms with E-state index >= 15 is 0 Å². The molecule has 2 aliphatic heterocycles. The number of rotatable bonds is 7. The van der Waals surface area contributed by atoms with Crippen LogP contribution >= 0.6 is 0 Å². The first kappa shape index (κ1) is 22.3. The summed E-state index contributed by atoms with van der Waals surface area (Å²) in [7, 11) is 1.65. The molecule has 2 aromatic carbocycles. The zero-order valence-corrected chi connectivity index (χ0v) is 18.8. The third-order valence-electron chi connectivity index (χ3n) is 6.30. The molecule has 1 N–H and O–H groups in total. The van der Waals surface area contributed by atoms with E-state index in [0.717, 1.165) is 35.7 Å². The van der Waals surface area contributed by atoms with Gasteiger partial charge in [0.05, 0.1) is 32.3 Å². The number of carbonyl (C=O) groups is 2. The molecule has 7 nitrogen and oxygen atoms in total. The highest BCUT2D eigenvalue weighted by Crippen LogP contribution is 2.27. The van der Waals surface area contributed by atoms with E-state index < -0.39 is 0 Å². The normalized spacial score (nSPS) is 20.2. The predicted octanol–water partition coefficient (Wildman–Crippen LogP) is 2.55. The predicted molar refractivity (Wildman–Crippen MR) is 123 cm³/mol. The van der Waals surface area contributed by atoms with E-state index in [-0.39, 0.29) is 30.2 Å². The number of nitrogens with zero attached hydrogens (tertiary/aromatic N) is 2. The van der Waals surface area contributed by atoms with Gasteiger partial charge in [0, 0.05) is 38.3 Å². The third kappa shape index (κ3) is 5.11. The Bertz CT molecular complexity index is 923. The fourth-order valence-corrected chi connectivity index (χ4v) is 4.37. The quantitative estimate of drug-likeness (QED) is 0.721. The lowest BCUT2D eigenvalue weighted by Crippen LogP contribution is -2.45. The number of morpholine rings is 1. The lowest BCUT2D eigenvalue weighted by atomic mass is 10.0. The van der Waals surface area contributed by atoms with Crippen molar-refractivity contribution in [3.63, 3.8) is 0 Å². The molecule has 2 fully saturated rings. The van der Waals surface area contributed by atoms with Crippen molar-refractivity contribution in [2.75, 3.05) is 51.4 Å². The van der Waals surface area contributed by atoms with Gasteiger partial charge < -0.3 is 19.7 Å². The zero-order chi connectivity index (χ0) is 22.5. The molecule has 0 aliphatic carbocycles. The van der Waals surface area contributed by atoms with E-state index in [1.807, 2.05) is 55.5 Å². The van der Waals surface area contributed by atoms with Gasteiger partial charge in [-0.3, -0.25) is 14.5 Å². The maximum Gasteiger partial charge on any atom is 0.227 e. The highest BCUT2D eigenvalue weighted by Gasteiger charge is 2.35. The number of anilines is 1. The van der Waals surface area contributed by atoms with Crippen molar-refractivity contribution in [2.45, 2.75) is 19.4 Å². The van der Waals surface area contributed by atoms with Gasteiger partial charge in [0.25, 0.3) is 0 Å². The summed E-state index contributed by atoms with van der Waals surface area (Å²) in [5.74, 6) is 0.387. The second-order valence-electron chi connectivity index (χ2n) is 8.42. The van der Waals surface area contributed by atoms with E-state index in [1.165, 1.54) is 0 Å². The Labute approximate surface area is 189 Å². The molecular formula is C25H31N3O4. The minimum Gasteiger partial charge on any atom is -0.497 e. The van der Waals surface area contributed by atoms with Crippen LogP contribution in [0.3, 0.4) is 0 Å². The molecule has 2 atom stereocenters. The van der Waals surface area contributed by atoms with Gasteiger partial charge in [-0.05, 0) is 36.8 Å². The number of carbonyl (C=O) groups excluding carboxylic acids is 2. The molecule has 2 aromatic rings. The first-order valence-electron chi connectivity index (χ1n) is 11.2. The number of hydrogen-bond donors (Lipinski definition) is 1. The monoisotopic (exact) mass is 437 g/mol. The summed E-state index contributed by atoms with van der Waals surface area (Å²) in [6.45, 7) is 5.91. The minimum atomic E-state index is -0.343. The maximum absolute atomic E-state index is 13.0. The maximum atomic E-state index is 13.0. The Kier molecular flexibility index (Phi) is 7.07. The van der Waals surface area contributed by atoms with Crippen LogP contribution in [-0.4, -0.2) is 63.2 Å². The van der Waals surface area contributed by atoms with Crippen LogP contribution < -0.4 is 15.0 Å². The van der Waals surface area contributed by atoms with Crippen molar-refractivity contribution < 1.29 is 19.1 Å². The molecule has 0 bridgehead atoms. The van der Waals surface area contributed by atoms with Crippen LogP contribution in [0.5, 0.6) is 5.75 Å². The largest absolute Gasteiger partial charge is 0.497 e. The van der Waals surface area contributed by atoms with Crippen molar-refractivity contribution in [3.05, 3.63) is 59.7 Å². The molecule has 2 amide bonds. The molecule has 2 saturated heterocycles. The summed E-state index contributed by atoms with van der Waals surface area (Å²) in [5, 5.41) is 3.12. The van der Waals surface area contributed by atoms with Gasteiger partial charge in [0.2, 0.25) is 11.8 Å². The fourth-order valence-electron chi connectivity index (χ4n) is 4.37. The van der Waals surface area contributed by atoms with E-state index in [0.29, 0.717) is 26.3 Å². The first-order chi connectivity index (χ1) is 15.5. The van der Waals surface area contributed by atoms with Gasteiger partial charge in [-0.15, -0.1) is 0 Å². The molecule has 4 rings (SSSR count). The molecule has 0 aromatic heterocycles. The van der Waals surface area contributed by atoms with E-state index in [2.05, 4.69) is 10.2 Å². The van der Waals surface area contributed by atoms with Crippen LogP contribution in [0.15, 0.2) is 48.5 Å². The Hall–Kier alpha value is -2.90. The first-order valence-corrected chi connectivity index (χ1v) is 11.2. The van der Waals surface area contributed by atoms with Crippen molar-refractivity contribution in [2.24, 2.45) is 5.92 Å². The average Bonchev–Trinajstić information content (AvgIpc) is 3.22. The third-order valence-corrected chi connectivity index (χ3v) is 6.30. The topological polar surface area (TPSA) is 71.1 Å². The van der Waals surface area contributed by atoms with Gasteiger partial charge >= 0.3 is 0 Å². The lowest BCUT2D eigenvalue weighted by molar-refractivity contribution is -0.126. The molecule has 2 aliphatic rings. The summed E-state index contributed by atoms with van der Waals surface area (Å²) >= 11 is 0. The van der Waals surface area contributed by atoms with Crippen LogP contribution in [0.25, 0.3) is 0 Å². The molecule has 32 heavy (non-hydrogen) atoms. The minimum absolute atomic E-state index is 0.00566. The molecule has 0 saturated carbocycles. The van der Waals surface area contributed by atoms with Crippen LogP contribution in [-0.2, 0) is 14.3 Å². The van der Waals surface area contributed by atoms with Crippen molar-refractivity contribution in [1.82, 2.24) is 10.2 Å². The standard InChI is InChI=1S/C25H31N3O4/c1-18-3-7-21(8-4-18)28-17-20(15-24(28)29)25(30)26-16-23(27-11-13-32-14-12-27)19-5-9-22(31-2)10-6-19/h3-10,20,23H,11-17H2,1-2H3,(H,26,30)/t20-,23-/m0/s1. The van der Waals surface area contributed by atoms with Crippen LogP contribution in [0.1, 0.15) is 23.6 Å². The van der Waals surface area contributed by atoms with Crippen LogP contribution in [0.4, 0.5) is 5.69 Å². The van der Waals surface area contributed by atoms with Gasteiger partial charge in [-0.25, -0.2) is 0 Å². The second-order valence-corrected chi connectivity index (χ2v) is 8.42. The van der Waals surface area contributed by atoms with Gasteiger partial charge in [0.15, 0.2) is 0 Å². The Balaban J connectivity index is 1.41. The number of hydrogen-bond acceptors (Lipinski definition) is 5. The molecule has 0 unspecified atom stereocenters. The molecular weight excluding hydrogens is 406 g/mol. The summed E-state index contributed by atoms with van der Waals surface area (Å²) in [5.41, 5.74) is 3.11. The van der Waals surface area contributed by atoms with Crippen molar-refractivity contribution in [1.29, 1.82) is 0 Å². The SMILES string of the molecule is COc1ccc([C@H](CNC(=O)[C@H]2CC(=O)N(c3ccc(C)cc3)C2)N2CCOCC2)cc1. The summed E-state index contributed by atoms with van der Waals surface area (Å²) in [6, 6.07) is 15.9. The second kappa shape index (κ2) is 10.1. The van der Waals surface area contributed by atoms with Crippen LogP contribution in [0.2, 0.25) is 0 Å². The number of amides is 2. The Morgan fingerprint density at radius 1 is 1.12 bits per heavy atom. The number of aryl methyl sites for hydroxylation is 1. The number of ether oxygens (including phenoxy) is 2. The summed E-state index contributed by atoms with van der Waals surface area (Å²) in [6.07, 6.45) is 0.241. The Morgan fingerprint density at radius 3 is 2.47 bits per heavy atom. The van der Waals surface area contributed by atoms with Gasteiger partial charge in [0.1, 0.15) is 5.75 Å². The Morgan fingerprint density at radius 2 is 1.81 bits per heavy atom. The smallest absolute Gasteiger partial charge is 0.227 e.